The van der Waals surface area contributed by atoms with Crippen LogP contribution >= 0.6 is 0 Å². The molecule has 0 saturated heterocycles. The van der Waals surface area contributed by atoms with E-state index in [0.29, 0.717) is 19.4 Å². The van der Waals surface area contributed by atoms with Crippen LogP contribution in [0.4, 0.5) is 0 Å². The molecule has 0 heterocycles. The van der Waals surface area contributed by atoms with Gasteiger partial charge in [-0.25, -0.2) is 0 Å². The van der Waals surface area contributed by atoms with E-state index >= 15 is 0 Å². The van der Waals surface area contributed by atoms with Gasteiger partial charge in [0.2, 0.25) is 0 Å². The molecular formula is C26H36N2O4. The Hall–Kier alpha value is -2.70. The van der Waals surface area contributed by atoms with Crippen molar-refractivity contribution in [2.24, 2.45) is 0 Å². The van der Waals surface area contributed by atoms with Gasteiger partial charge in [0.15, 0.2) is 0 Å². The third-order valence-electron chi connectivity index (χ3n) is 5.60. The largest absolute Gasteiger partial charge is 0.480 e. The van der Waals surface area contributed by atoms with Crippen LogP contribution in [0, 0.1) is 0 Å². The van der Waals surface area contributed by atoms with Gasteiger partial charge in [-0.1, -0.05) is 73.5 Å². The van der Waals surface area contributed by atoms with Crippen molar-refractivity contribution in [2.45, 2.75) is 70.0 Å². The van der Waals surface area contributed by atoms with Crippen LogP contribution in [0.25, 0.3) is 0 Å². The van der Waals surface area contributed by atoms with Gasteiger partial charge in [-0.15, -0.1) is 0 Å². The zero-order valence-electron chi connectivity index (χ0n) is 19.1. The Labute approximate surface area is 191 Å². The molecule has 4 N–H and O–H groups in total. The molecule has 0 aliphatic rings. The van der Waals surface area contributed by atoms with E-state index in [9.17, 15) is 19.8 Å². The lowest BCUT2D eigenvalue weighted by Gasteiger charge is -2.30. The Balaban J connectivity index is 1.70. The van der Waals surface area contributed by atoms with Crippen LogP contribution in [-0.4, -0.2) is 46.3 Å². The average Bonchev–Trinajstić information content (AvgIpc) is 2.76. The maximum atomic E-state index is 11.7. The van der Waals surface area contributed by atoms with Gasteiger partial charge in [-0.2, -0.15) is 0 Å². The van der Waals surface area contributed by atoms with Gasteiger partial charge >= 0.3 is 11.9 Å². The zero-order valence-corrected chi connectivity index (χ0v) is 19.1. The quantitative estimate of drug-likeness (QED) is 0.314. The number of carbonyl (C=O) groups is 2. The predicted molar refractivity (Wildman–Crippen MR) is 127 cm³/mol. The fourth-order valence-electron chi connectivity index (χ4n) is 3.84. The average molecular weight is 441 g/mol. The molecule has 0 saturated carbocycles. The number of aliphatic carboxylic acids is 2. The van der Waals surface area contributed by atoms with E-state index in [0.717, 1.165) is 36.8 Å². The second kappa shape index (κ2) is 13.0. The van der Waals surface area contributed by atoms with Crippen LogP contribution in [0.15, 0.2) is 60.7 Å². The van der Waals surface area contributed by atoms with Crippen molar-refractivity contribution >= 4 is 11.9 Å². The van der Waals surface area contributed by atoms with Crippen molar-refractivity contribution in [3.05, 3.63) is 71.8 Å². The van der Waals surface area contributed by atoms with E-state index < -0.39 is 24.0 Å². The second-order valence-electron chi connectivity index (χ2n) is 8.95. The molecule has 0 aliphatic carbocycles. The van der Waals surface area contributed by atoms with Crippen LogP contribution in [0.1, 0.15) is 50.7 Å². The fraction of sp³-hybridized carbons (Fsp3) is 0.462. The lowest BCUT2D eigenvalue weighted by molar-refractivity contribution is -0.140. The predicted octanol–water partition coefficient (Wildman–Crippen LogP) is 3.90. The molecule has 2 aromatic rings. The number of nitrogens with one attached hydrogen (secondary N) is 2. The first-order chi connectivity index (χ1) is 15.3. The zero-order chi connectivity index (χ0) is 23.4. The highest BCUT2D eigenvalue weighted by molar-refractivity contribution is 5.74. The Kier molecular flexibility index (Phi) is 10.4. The van der Waals surface area contributed by atoms with Crippen molar-refractivity contribution in [3.63, 3.8) is 0 Å². The van der Waals surface area contributed by atoms with Gasteiger partial charge in [0.1, 0.15) is 12.1 Å². The maximum Gasteiger partial charge on any atom is 0.321 e. The summed E-state index contributed by atoms with van der Waals surface area (Å²) < 4.78 is 0. The van der Waals surface area contributed by atoms with E-state index in [1.807, 2.05) is 74.5 Å². The third-order valence-corrected chi connectivity index (χ3v) is 5.60. The first-order valence-corrected chi connectivity index (χ1v) is 11.3. The molecule has 2 atom stereocenters. The summed E-state index contributed by atoms with van der Waals surface area (Å²) in [6, 6.07) is 18.0. The van der Waals surface area contributed by atoms with Crippen molar-refractivity contribution in [3.8, 4) is 0 Å². The molecule has 0 bridgehead atoms. The van der Waals surface area contributed by atoms with Crippen molar-refractivity contribution in [1.29, 1.82) is 0 Å². The summed E-state index contributed by atoms with van der Waals surface area (Å²) in [7, 11) is 0. The van der Waals surface area contributed by atoms with Gasteiger partial charge in [0.05, 0.1) is 0 Å². The maximum absolute atomic E-state index is 11.7. The summed E-state index contributed by atoms with van der Waals surface area (Å²) in [5.41, 5.74) is 1.70. The van der Waals surface area contributed by atoms with E-state index in [-0.39, 0.29) is 5.54 Å². The molecule has 2 aromatic carbocycles. The Morgan fingerprint density at radius 1 is 0.781 bits per heavy atom. The standard InChI is InChI=1S/C26H36N2O4/c1-26(2,28-23(25(31)32)19-21-14-8-4-9-15-21)16-10-5-11-17-27-22(24(29)30)18-20-12-6-3-7-13-20/h3-4,6-9,12-15,22-23,27-28H,5,10-11,16-19H2,1-2H3,(H,29,30)(H,31,32). The molecule has 0 radical (unpaired) electrons. The molecule has 0 amide bonds. The normalized spacial score (nSPS) is 13.4. The van der Waals surface area contributed by atoms with Gasteiger partial charge in [-0.05, 0) is 57.2 Å². The number of hydrogen-bond donors (Lipinski definition) is 4. The molecular weight excluding hydrogens is 404 g/mol. The molecule has 6 nitrogen and oxygen atoms in total. The van der Waals surface area contributed by atoms with Crippen LogP contribution < -0.4 is 10.6 Å². The first-order valence-electron chi connectivity index (χ1n) is 11.3. The highest BCUT2D eigenvalue weighted by Crippen LogP contribution is 2.16. The van der Waals surface area contributed by atoms with Crippen molar-refractivity contribution in [2.75, 3.05) is 6.54 Å². The Bertz CT molecular complexity index is 824. The van der Waals surface area contributed by atoms with E-state index in [4.69, 9.17) is 0 Å². The van der Waals surface area contributed by atoms with Crippen LogP contribution in [0.2, 0.25) is 0 Å². The lowest BCUT2D eigenvalue weighted by atomic mass is 9.94. The third kappa shape index (κ3) is 9.62. The van der Waals surface area contributed by atoms with Gasteiger partial charge in [-0.3, -0.25) is 14.9 Å². The monoisotopic (exact) mass is 440 g/mol. The summed E-state index contributed by atoms with van der Waals surface area (Å²) in [6.07, 6.45) is 4.52. The summed E-state index contributed by atoms with van der Waals surface area (Å²) >= 11 is 0. The number of unbranched alkanes of at least 4 members (excludes halogenated alkanes) is 2. The molecule has 32 heavy (non-hydrogen) atoms. The Morgan fingerprint density at radius 2 is 1.28 bits per heavy atom. The molecule has 2 rings (SSSR count). The highest BCUT2D eigenvalue weighted by atomic mass is 16.4. The van der Waals surface area contributed by atoms with Crippen molar-refractivity contribution < 1.29 is 19.8 Å². The minimum Gasteiger partial charge on any atom is -0.480 e. The smallest absolute Gasteiger partial charge is 0.321 e. The number of carboxylic acids is 2. The summed E-state index contributed by atoms with van der Waals surface area (Å²) in [5, 5.41) is 25.5. The molecule has 0 aromatic heterocycles. The molecule has 0 spiro atoms. The fourth-order valence-corrected chi connectivity index (χ4v) is 3.84. The number of benzene rings is 2. The van der Waals surface area contributed by atoms with E-state index in [1.165, 1.54) is 0 Å². The molecule has 0 fully saturated rings. The SMILES string of the molecule is CC(C)(CCCCCNC(Cc1ccccc1)C(=O)O)NC(Cc1ccccc1)C(=O)O. The highest BCUT2D eigenvalue weighted by Gasteiger charge is 2.26. The molecule has 0 aliphatic heterocycles. The minimum absolute atomic E-state index is 0.303. The summed E-state index contributed by atoms with van der Waals surface area (Å²) in [6.45, 7) is 4.71. The topological polar surface area (TPSA) is 98.7 Å². The van der Waals surface area contributed by atoms with Crippen molar-refractivity contribution in [1.82, 2.24) is 10.6 Å². The summed E-state index contributed by atoms with van der Waals surface area (Å²) in [5.74, 6) is -1.68. The number of rotatable bonds is 15. The van der Waals surface area contributed by atoms with Crippen LogP contribution in [-0.2, 0) is 22.4 Å². The summed E-state index contributed by atoms with van der Waals surface area (Å²) in [4.78, 5) is 23.3. The minimum atomic E-state index is -0.843. The van der Waals surface area contributed by atoms with E-state index in [1.54, 1.807) is 0 Å². The number of carboxylic acid groups (broad SMARTS) is 2. The van der Waals surface area contributed by atoms with Gasteiger partial charge in [0.25, 0.3) is 0 Å². The number of hydrogen-bond acceptors (Lipinski definition) is 4. The van der Waals surface area contributed by atoms with Gasteiger partial charge in [0, 0.05) is 5.54 Å². The lowest BCUT2D eigenvalue weighted by Crippen LogP contribution is -2.50. The van der Waals surface area contributed by atoms with Gasteiger partial charge < -0.3 is 15.5 Å². The van der Waals surface area contributed by atoms with Crippen LogP contribution in [0.3, 0.4) is 0 Å². The first kappa shape index (κ1) is 25.6. The second-order valence-corrected chi connectivity index (χ2v) is 8.95. The molecule has 174 valence electrons. The van der Waals surface area contributed by atoms with E-state index in [2.05, 4.69) is 10.6 Å². The Morgan fingerprint density at radius 3 is 1.78 bits per heavy atom. The molecule has 2 unspecified atom stereocenters. The van der Waals surface area contributed by atoms with Crippen LogP contribution in [0.5, 0.6) is 0 Å². The molecule has 6 heteroatoms.